The van der Waals surface area contributed by atoms with Crippen LogP contribution in [0.5, 0.6) is 0 Å². The van der Waals surface area contributed by atoms with E-state index >= 15 is 0 Å². The van der Waals surface area contributed by atoms with E-state index in [4.69, 9.17) is 0 Å². The lowest BCUT2D eigenvalue weighted by Gasteiger charge is -2.23. The van der Waals surface area contributed by atoms with Crippen LogP contribution in [0.4, 0.5) is 0 Å². The molecule has 2 N–H and O–H groups in total. The monoisotopic (exact) mass is 344 g/mol. The molecule has 1 fully saturated rings. The van der Waals surface area contributed by atoms with Gasteiger partial charge in [-0.25, -0.2) is 4.98 Å². The Labute approximate surface area is 145 Å². The molecule has 0 saturated heterocycles. The molecule has 3 rings (SSSR count). The predicted octanol–water partition coefficient (Wildman–Crippen LogP) is 1.30. The van der Waals surface area contributed by atoms with Crippen molar-refractivity contribution in [2.75, 3.05) is 6.54 Å². The molecule has 0 unspecified atom stereocenters. The highest BCUT2D eigenvalue weighted by Gasteiger charge is 2.25. The van der Waals surface area contributed by atoms with Crippen molar-refractivity contribution in [3.05, 3.63) is 27.2 Å². The maximum Gasteiger partial charge on any atom is 0.273 e. The van der Waals surface area contributed by atoms with Crippen molar-refractivity contribution in [2.45, 2.75) is 46.0 Å². The lowest BCUT2D eigenvalue weighted by Crippen LogP contribution is -2.30. The first-order valence-corrected chi connectivity index (χ1v) is 8.70. The van der Waals surface area contributed by atoms with Gasteiger partial charge in [-0.3, -0.25) is 24.2 Å². The summed E-state index contributed by atoms with van der Waals surface area (Å²) in [5.41, 5.74) is 3.20. The number of amides is 1. The average molecular weight is 344 g/mol. The van der Waals surface area contributed by atoms with Gasteiger partial charge in [0.05, 0.1) is 5.39 Å². The molecule has 7 nitrogen and oxygen atoms in total. The van der Waals surface area contributed by atoms with E-state index in [1.165, 1.54) is 0 Å². The van der Waals surface area contributed by atoms with Crippen LogP contribution in [0.1, 0.15) is 42.5 Å². The van der Waals surface area contributed by atoms with Crippen LogP contribution in [0.2, 0.25) is 0 Å². The fraction of sp³-hybridized carbons (Fsp3) is 0.556. The highest BCUT2D eigenvalue weighted by molar-refractivity contribution is 5.84. The summed E-state index contributed by atoms with van der Waals surface area (Å²) in [4.78, 5) is 39.6. The number of ketones is 1. The van der Waals surface area contributed by atoms with Crippen LogP contribution >= 0.6 is 0 Å². The molecule has 0 bridgehead atoms. The van der Waals surface area contributed by atoms with Gasteiger partial charge in [-0.05, 0) is 43.7 Å². The van der Waals surface area contributed by atoms with Gasteiger partial charge >= 0.3 is 0 Å². The normalized spacial score (nSPS) is 14.8. The minimum atomic E-state index is -0.150. The molecule has 1 aliphatic carbocycles. The highest BCUT2D eigenvalue weighted by atomic mass is 16.1. The molecule has 2 heterocycles. The van der Waals surface area contributed by atoms with Crippen molar-refractivity contribution in [1.29, 1.82) is 0 Å². The third-order valence-electron chi connectivity index (χ3n) is 5.09. The molecular weight excluding hydrogens is 320 g/mol. The molecule has 0 spiro atoms. The Morgan fingerprint density at radius 1 is 1.32 bits per heavy atom. The fourth-order valence-electron chi connectivity index (χ4n) is 3.55. The van der Waals surface area contributed by atoms with Crippen molar-refractivity contribution in [3.8, 4) is 0 Å². The van der Waals surface area contributed by atoms with Crippen LogP contribution in [-0.2, 0) is 23.1 Å². The number of aromatic nitrogens is 3. The Kier molecular flexibility index (Phi) is 4.74. The van der Waals surface area contributed by atoms with E-state index in [1.54, 1.807) is 11.7 Å². The molecule has 134 valence electrons. The van der Waals surface area contributed by atoms with E-state index in [0.717, 1.165) is 23.2 Å². The van der Waals surface area contributed by atoms with Gasteiger partial charge in [-0.2, -0.15) is 0 Å². The summed E-state index contributed by atoms with van der Waals surface area (Å²) in [6, 6.07) is 0. The summed E-state index contributed by atoms with van der Waals surface area (Å²) in [5.74, 6) is 0.751. The highest BCUT2D eigenvalue weighted by Crippen LogP contribution is 2.25. The number of aromatic amines is 1. The molecule has 0 aliphatic heterocycles. The quantitative estimate of drug-likeness (QED) is 0.825. The second kappa shape index (κ2) is 6.82. The van der Waals surface area contributed by atoms with Gasteiger partial charge in [0.2, 0.25) is 5.91 Å². The van der Waals surface area contributed by atoms with Gasteiger partial charge in [0.15, 0.2) is 5.65 Å². The maximum absolute atomic E-state index is 12.1. The van der Waals surface area contributed by atoms with E-state index in [-0.39, 0.29) is 11.5 Å². The zero-order chi connectivity index (χ0) is 18.1. The Bertz CT molecular complexity index is 886. The maximum atomic E-state index is 12.1. The molecule has 2 aromatic rings. The number of nitrogens with one attached hydrogen (secondary N) is 2. The molecular formula is C18H24N4O3. The Morgan fingerprint density at radius 2 is 2.04 bits per heavy atom. The number of aryl methyl sites for hydroxylation is 3. The number of rotatable bonds is 6. The number of fused-ring (bicyclic) bond motifs is 1. The topological polar surface area (TPSA) is 96.8 Å². The number of carbonyl (C=O) groups is 2. The van der Waals surface area contributed by atoms with Crippen LogP contribution < -0.4 is 10.9 Å². The molecule has 1 aliphatic rings. The van der Waals surface area contributed by atoms with Crippen LogP contribution in [-0.4, -0.2) is 33.0 Å². The summed E-state index contributed by atoms with van der Waals surface area (Å²) in [6.45, 7) is 4.43. The van der Waals surface area contributed by atoms with E-state index in [9.17, 15) is 14.4 Å². The second-order valence-corrected chi connectivity index (χ2v) is 6.95. The summed E-state index contributed by atoms with van der Waals surface area (Å²) < 4.78 is 1.62. The first kappa shape index (κ1) is 17.4. The smallest absolute Gasteiger partial charge is 0.273 e. The number of carbonyl (C=O) groups excluding carboxylic acids is 2. The Balaban J connectivity index is 1.61. The van der Waals surface area contributed by atoms with E-state index in [1.807, 2.05) is 13.8 Å². The largest absolute Gasteiger partial charge is 0.356 e. The van der Waals surface area contributed by atoms with Gasteiger partial charge in [0.1, 0.15) is 5.78 Å². The predicted molar refractivity (Wildman–Crippen MR) is 94.5 cm³/mol. The minimum Gasteiger partial charge on any atom is -0.356 e. The first-order valence-electron chi connectivity index (χ1n) is 8.70. The van der Waals surface area contributed by atoms with Crippen LogP contribution in [0.15, 0.2) is 4.79 Å². The Hall–Kier alpha value is -2.44. The van der Waals surface area contributed by atoms with Crippen molar-refractivity contribution >= 4 is 22.7 Å². The van der Waals surface area contributed by atoms with E-state index in [0.29, 0.717) is 55.0 Å². The lowest BCUT2D eigenvalue weighted by molar-refractivity contribution is -0.126. The van der Waals surface area contributed by atoms with Crippen LogP contribution in [0, 0.1) is 19.8 Å². The fourth-order valence-corrected chi connectivity index (χ4v) is 3.55. The molecule has 0 aromatic carbocycles. The van der Waals surface area contributed by atoms with Crippen molar-refractivity contribution in [1.82, 2.24) is 20.1 Å². The van der Waals surface area contributed by atoms with Crippen LogP contribution in [0.25, 0.3) is 11.0 Å². The molecule has 0 atom stereocenters. The van der Waals surface area contributed by atoms with Crippen molar-refractivity contribution in [2.24, 2.45) is 13.0 Å². The number of H-pyrrole nitrogens is 1. The standard InChI is InChI=1S/C18H24N4O3/c1-10-14(11(2)20-17-16(10)18(25)21-22(17)3)4-5-15(24)19-7-6-12-8-13(23)9-12/h12H,4-9H2,1-3H3,(H,19,24)(H,21,25). The average Bonchev–Trinajstić information content (AvgIpc) is 2.79. The summed E-state index contributed by atoms with van der Waals surface area (Å²) in [7, 11) is 1.76. The zero-order valence-corrected chi connectivity index (χ0v) is 14.9. The third-order valence-corrected chi connectivity index (χ3v) is 5.09. The number of nitrogens with zero attached hydrogens (tertiary/aromatic N) is 2. The van der Waals surface area contributed by atoms with Crippen molar-refractivity contribution < 1.29 is 9.59 Å². The van der Waals surface area contributed by atoms with Gasteiger partial charge in [-0.15, -0.1) is 0 Å². The summed E-state index contributed by atoms with van der Waals surface area (Å²) in [5, 5.41) is 6.23. The number of hydrogen-bond donors (Lipinski definition) is 2. The SMILES string of the molecule is Cc1nc2c(c(C)c1CCC(=O)NCCC1CC(=O)C1)c(=O)[nH]n2C. The second-order valence-electron chi connectivity index (χ2n) is 6.95. The summed E-state index contributed by atoms with van der Waals surface area (Å²) in [6.07, 6.45) is 3.10. The van der Waals surface area contributed by atoms with Crippen molar-refractivity contribution in [3.63, 3.8) is 0 Å². The zero-order valence-electron chi connectivity index (χ0n) is 14.9. The van der Waals surface area contributed by atoms with Gasteiger partial charge in [0.25, 0.3) is 5.56 Å². The molecule has 7 heteroatoms. The molecule has 1 amide bonds. The summed E-state index contributed by atoms with van der Waals surface area (Å²) >= 11 is 0. The van der Waals surface area contributed by atoms with E-state index in [2.05, 4.69) is 15.4 Å². The molecule has 1 saturated carbocycles. The molecule has 2 aromatic heterocycles. The number of hydrogen-bond acceptors (Lipinski definition) is 4. The Morgan fingerprint density at radius 3 is 2.72 bits per heavy atom. The van der Waals surface area contributed by atoms with E-state index < -0.39 is 0 Å². The lowest BCUT2D eigenvalue weighted by atomic mass is 9.82. The molecule has 25 heavy (non-hydrogen) atoms. The van der Waals surface area contributed by atoms with Gasteiger partial charge < -0.3 is 5.32 Å². The number of Topliss-reactive ketones (excluding diaryl/α,β-unsaturated/α-hetero) is 1. The molecule has 0 radical (unpaired) electrons. The van der Waals surface area contributed by atoms with Gasteiger partial charge in [-0.1, -0.05) is 0 Å². The van der Waals surface area contributed by atoms with Gasteiger partial charge in [0, 0.05) is 38.5 Å². The third kappa shape index (κ3) is 3.50. The minimum absolute atomic E-state index is 0.00785. The van der Waals surface area contributed by atoms with Crippen LogP contribution in [0.3, 0.4) is 0 Å². The first-order chi connectivity index (χ1) is 11.9. The number of pyridine rings is 1.